The third kappa shape index (κ3) is 2.39. The Kier molecular flexibility index (Phi) is 3.71. The van der Waals surface area contributed by atoms with Crippen molar-refractivity contribution in [1.29, 1.82) is 0 Å². The molecule has 1 heterocycles. The Morgan fingerprint density at radius 2 is 2.21 bits per heavy atom. The highest BCUT2D eigenvalue weighted by molar-refractivity contribution is 5.63. The summed E-state index contributed by atoms with van der Waals surface area (Å²) in [4.78, 5) is 11.8. The topological polar surface area (TPSA) is 73.0 Å². The van der Waals surface area contributed by atoms with E-state index in [1.165, 1.54) is 10.7 Å². The smallest absolute Gasteiger partial charge is 0.271 e. The van der Waals surface area contributed by atoms with Crippen LogP contribution in [0.15, 0.2) is 23.0 Å². The number of aromatic nitrogens is 2. The minimum Gasteiger partial charge on any atom is -0.491 e. The Hall–Kier alpha value is -2.08. The normalized spacial score (nSPS) is 10.7. The second-order valence-electron chi connectivity index (χ2n) is 4.11. The van der Waals surface area contributed by atoms with Gasteiger partial charge >= 0.3 is 0 Å². The maximum absolute atomic E-state index is 13.8. The minimum absolute atomic E-state index is 0.0976. The zero-order valence-electron chi connectivity index (χ0n) is 10.9. The molecule has 1 aromatic carbocycles. The summed E-state index contributed by atoms with van der Waals surface area (Å²) < 4.78 is 20.3. The van der Waals surface area contributed by atoms with Gasteiger partial charge in [-0.1, -0.05) is 0 Å². The van der Waals surface area contributed by atoms with Gasteiger partial charge < -0.3 is 10.5 Å². The number of nitrogens with one attached hydrogen (secondary N) is 1. The number of aryl methyl sites for hydroxylation is 1. The number of benzene rings is 1. The molecule has 0 saturated carbocycles. The molecule has 0 fully saturated rings. The molecule has 2 aromatic rings. The number of aromatic amines is 1. The number of ether oxygens (including phenoxy) is 1. The summed E-state index contributed by atoms with van der Waals surface area (Å²) >= 11 is 0. The molecule has 102 valence electrons. The van der Waals surface area contributed by atoms with Crippen molar-refractivity contribution >= 4 is 0 Å². The predicted molar refractivity (Wildman–Crippen MR) is 70.5 cm³/mol. The summed E-state index contributed by atoms with van der Waals surface area (Å²) in [5, 5.41) is 2.88. The first-order valence-corrected chi connectivity index (χ1v) is 5.99. The highest BCUT2D eigenvalue weighted by Gasteiger charge is 2.14. The summed E-state index contributed by atoms with van der Waals surface area (Å²) in [5.74, 6) is -0.272. The van der Waals surface area contributed by atoms with Crippen LogP contribution in [-0.4, -0.2) is 16.4 Å². The SMILES string of the molecule is CCOc1ccc(-c2[nH]n(C)c(=O)c2CN)cc1F. The van der Waals surface area contributed by atoms with Gasteiger partial charge in [0.2, 0.25) is 0 Å². The van der Waals surface area contributed by atoms with E-state index in [1.807, 2.05) is 0 Å². The molecule has 1 aromatic heterocycles. The van der Waals surface area contributed by atoms with Crippen molar-refractivity contribution in [2.75, 3.05) is 6.61 Å². The van der Waals surface area contributed by atoms with Crippen molar-refractivity contribution in [3.05, 3.63) is 39.9 Å². The summed E-state index contributed by atoms with van der Waals surface area (Å²) in [6, 6.07) is 4.56. The van der Waals surface area contributed by atoms with Gasteiger partial charge in [-0.3, -0.25) is 14.6 Å². The van der Waals surface area contributed by atoms with Crippen molar-refractivity contribution in [2.45, 2.75) is 13.5 Å². The number of nitrogens with zero attached hydrogens (tertiary/aromatic N) is 1. The van der Waals surface area contributed by atoms with Gasteiger partial charge in [0.1, 0.15) is 0 Å². The van der Waals surface area contributed by atoms with Crippen molar-refractivity contribution in [2.24, 2.45) is 12.8 Å². The maximum atomic E-state index is 13.8. The zero-order valence-corrected chi connectivity index (χ0v) is 10.9. The number of rotatable bonds is 4. The molecule has 19 heavy (non-hydrogen) atoms. The maximum Gasteiger partial charge on any atom is 0.271 e. The fraction of sp³-hybridized carbons (Fsp3) is 0.308. The van der Waals surface area contributed by atoms with Crippen LogP contribution in [0.5, 0.6) is 5.75 Å². The Morgan fingerprint density at radius 3 is 2.79 bits per heavy atom. The van der Waals surface area contributed by atoms with Gasteiger partial charge in [0.05, 0.1) is 17.9 Å². The molecule has 0 spiro atoms. The molecule has 0 aliphatic heterocycles. The molecule has 0 saturated heterocycles. The van der Waals surface area contributed by atoms with E-state index < -0.39 is 5.82 Å². The number of nitrogens with two attached hydrogens (primary N) is 1. The van der Waals surface area contributed by atoms with E-state index in [9.17, 15) is 9.18 Å². The lowest BCUT2D eigenvalue weighted by Crippen LogP contribution is -2.17. The molecule has 0 bridgehead atoms. The van der Waals surface area contributed by atoms with Gasteiger partial charge in [-0.05, 0) is 25.1 Å². The first kappa shape index (κ1) is 13.4. The van der Waals surface area contributed by atoms with Crippen LogP contribution in [0.4, 0.5) is 4.39 Å². The summed E-state index contributed by atoms with van der Waals surface area (Å²) in [7, 11) is 1.59. The Morgan fingerprint density at radius 1 is 1.47 bits per heavy atom. The van der Waals surface area contributed by atoms with Crippen molar-refractivity contribution in [1.82, 2.24) is 9.78 Å². The highest BCUT2D eigenvalue weighted by Crippen LogP contribution is 2.25. The molecular weight excluding hydrogens is 249 g/mol. The van der Waals surface area contributed by atoms with Crippen LogP contribution in [0.3, 0.4) is 0 Å². The second-order valence-corrected chi connectivity index (χ2v) is 4.11. The van der Waals surface area contributed by atoms with Gasteiger partial charge in [-0.2, -0.15) is 0 Å². The lowest BCUT2D eigenvalue weighted by molar-refractivity contribution is 0.321. The molecule has 0 unspecified atom stereocenters. The third-order valence-electron chi connectivity index (χ3n) is 2.87. The van der Waals surface area contributed by atoms with Crippen LogP contribution in [0, 0.1) is 5.82 Å². The molecule has 3 N–H and O–H groups in total. The van der Waals surface area contributed by atoms with Crippen LogP contribution in [-0.2, 0) is 13.6 Å². The van der Waals surface area contributed by atoms with Crippen LogP contribution in [0.25, 0.3) is 11.3 Å². The average molecular weight is 265 g/mol. The molecule has 5 nitrogen and oxygen atoms in total. The molecule has 0 atom stereocenters. The quantitative estimate of drug-likeness (QED) is 0.877. The fourth-order valence-electron chi connectivity index (χ4n) is 1.95. The van der Waals surface area contributed by atoms with Gasteiger partial charge in [0.25, 0.3) is 5.56 Å². The Balaban J connectivity index is 2.51. The predicted octanol–water partition coefficient (Wildman–Crippen LogP) is 1.38. The van der Waals surface area contributed by atoms with Crippen molar-refractivity contribution in [3.63, 3.8) is 0 Å². The van der Waals surface area contributed by atoms with E-state index in [2.05, 4.69) is 5.10 Å². The van der Waals surface area contributed by atoms with Gasteiger partial charge in [-0.25, -0.2) is 4.39 Å². The van der Waals surface area contributed by atoms with Gasteiger partial charge in [-0.15, -0.1) is 0 Å². The minimum atomic E-state index is -0.466. The van der Waals surface area contributed by atoms with Crippen LogP contribution in [0.1, 0.15) is 12.5 Å². The molecule has 6 heteroatoms. The number of H-pyrrole nitrogens is 1. The van der Waals surface area contributed by atoms with E-state index in [-0.39, 0.29) is 17.9 Å². The number of halogens is 1. The first-order chi connectivity index (χ1) is 9.08. The van der Waals surface area contributed by atoms with Crippen molar-refractivity contribution in [3.8, 4) is 17.0 Å². The second kappa shape index (κ2) is 5.27. The fourth-order valence-corrected chi connectivity index (χ4v) is 1.95. The van der Waals surface area contributed by atoms with Crippen LogP contribution in [0.2, 0.25) is 0 Å². The zero-order chi connectivity index (χ0) is 14.0. The summed E-state index contributed by atoms with van der Waals surface area (Å²) in [6.45, 7) is 2.28. The lowest BCUT2D eigenvalue weighted by atomic mass is 10.1. The molecule has 2 rings (SSSR count). The average Bonchev–Trinajstić information content (AvgIpc) is 2.68. The molecule has 0 aliphatic rings. The van der Waals surface area contributed by atoms with E-state index in [0.717, 1.165) is 0 Å². The number of hydrogen-bond acceptors (Lipinski definition) is 3. The molecule has 0 amide bonds. The van der Waals surface area contributed by atoms with E-state index in [1.54, 1.807) is 26.1 Å². The van der Waals surface area contributed by atoms with Crippen LogP contribution >= 0.6 is 0 Å². The standard InChI is InChI=1S/C13H16FN3O2/c1-3-19-11-5-4-8(6-10(11)14)12-9(7-15)13(18)17(2)16-12/h4-6,16H,3,7,15H2,1-2H3. The molecular formula is C13H16FN3O2. The highest BCUT2D eigenvalue weighted by atomic mass is 19.1. The van der Waals surface area contributed by atoms with Gasteiger partial charge in [0.15, 0.2) is 11.6 Å². The van der Waals surface area contributed by atoms with E-state index >= 15 is 0 Å². The Labute approximate surface area is 109 Å². The molecule has 0 radical (unpaired) electrons. The third-order valence-corrected chi connectivity index (χ3v) is 2.87. The van der Waals surface area contributed by atoms with Crippen molar-refractivity contribution < 1.29 is 9.13 Å². The molecule has 0 aliphatic carbocycles. The largest absolute Gasteiger partial charge is 0.491 e. The van der Waals surface area contributed by atoms with E-state index in [4.69, 9.17) is 10.5 Å². The monoisotopic (exact) mass is 265 g/mol. The van der Waals surface area contributed by atoms with Crippen LogP contribution < -0.4 is 16.0 Å². The summed E-state index contributed by atoms with van der Waals surface area (Å²) in [6.07, 6.45) is 0. The first-order valence-electron chi connectivity index (χ1n) is 5.99. The Bertz CT molecular complexity index is 646. The number of hydrogen-bond donors (Lipinski definition) is 2. The summed E-state index contributed by atoms with van der Waals surface area (Å²) in [5.41, 5.74) is 6.91. The lowest BCUT2D eigenvalue weighted by Gasteiger charge is -2.06. The van der Waals surface area contributed by atoms with E-state index in [0.29, 0.717) is 23.4 Å². The van der Waals surface area contributed by atoms with Gasteiger partial charge in [0, 0.05) is 19.2 Å².